The number of hydrogen-bond acceptors (Lipinski definition) is 2. The molecule has 4 nitrogen and oxygen atoms in total. The van der Waals surface area contributed by atoms with Gasteiger partial charge in [0.15, 0.2) is 0 Å². The number of carbonyl (C=O) groups is 2. The van der Waals surface area contributed by atoms with Crippen LogP contribution in [-0.2, 0) is 11.2 Å². The lowest BCUT2D eigenvalue weighted by Crippen LogP contribution is -2.32. The van der Waals surface area contributed by atoms with Crippen molar-refractivity contribution in [1.82, 2.24) is 5.32 Å². The molecule has 0 aromatic heterocycles. The quantitative estimate of drug-likeness (QED) is 0.767. The third kappa shape index (κ3) is 7.17. The van der Waals surface area contributed by atoms with E-state index in [4.69, 9.17) is 5.11 Å². The Morgan fingerprint density at radius 2 is 1.83 bits per heavy atom. The van der Waals surface area contributed by atoms with Crippen LogP contribution in [0.1, 0.15) is 42.1 Å². The van der Waals surface area contributed by atoms with Gasteiger partial charge in [-0.25, -0.2) is 0 Å². The average molecular weight is 331 g/mol. The van der Waals surface area contributed by atoms with Crippen molar-refractivity contribution in [2.45, 2.75) is 38.8 Å². The summed E-state index contributed by atoms with van der Waals surface area (Å²) >= 11 is 0. The third-order valence-electron chi connectivity index (χ3n) is 3.41. The number of hydrogen-bond donors (Lipinski definition) is 2. The van der Waals surface area contributed by atoms with Gasteiger partial charge in [-0.05, 0) is 30.5 Å². The van der Waals surface area contributed by atoms with E-state index in [2.05, 4.69) is 5.32 Å². The molecule has 1 unspecified atom stereocenters. The van der Waals surface area contributed by atoms with E-state index in [0.717, 1.165) is 0 Å². The number of nitrogens with one attached hydrogen (secondary N) is 1. The van der Waals surface area contributed by atoms with Crippen molar-refractivity contribution in [3.8, 4) is 0 Å². The Hall–Kier alpha value is -2.05. The molecule has 1 atom stereocenters. The van der Waals surface area contributed by atoms with Gasteiger partial charge in [0.25, 0.3) is 5.91 Å². The second-order valence-corrected chi connectivity index (χ2v) is 5.35. The second kappa shape index (κ2) is 8.55. The van der Waals surface area contributed by atoms with Gasteiger partial charge >= 0.3 is 12.1 Å². The number of halogens is 3. The summed E-state index contributed by atoms with van der Waals surface area (Å²) in [7, 11) is 0. The molecule has 23 heavy (non-hydrogen) atoms. The third-order valence-corrected chi connectivity index (χ3v) is 3.41. The smallest absolute Gasteiger partial charge is 0.389 e. The van der Waals surface area contributed by atoms with Crippen LogP contribution in [0.2, 0.25) is 0 Å². The molecule has 0 spiro atoms. The molecule has 1 aromatic carbocycles. The minimum atomic E-state index is -4.21. The number of aliphatic carboxylic acids is 1. The van der Waals surface area contributed by atoms with E-state index >= 15 is 0 Å². The van der Waals surface area contributed by atoms with Gasteiger partial charge in [-0.2, -0.15) is 13.2 Å². The van der Waals surface area contributed by atoms with Crippen LogP contribution in [0.25, 0.3) is 0 Å². The van der Waals surface area contributed by atoms with E-state index in [1.165, 1.54) is 24.3 Å². The number of alkyl halides is 3. The first kappa shape index (κ1) is 19.0. The van der Waals surface area contributed by atoms with Crippen molar-refractivity contribution < 1.29 is 27.9 Å². The highest BCUT2D eigenvalue weighted by atomic mass is 19.4. The van der Waals surface area contributed by atoms with Gasteiger partial charge in [-0.15, -0.1) is 0 Å². The molecule has 0 heterocycles. The van der Waals surface area contributed by atoms with E-state index in [-0.39, 0.29) is 13.0 Å². The fourth-order valence-corrected chi connectivity index (χ4v) is 2.09. The monoisotopic (exact) mass is 331 g/mol. The first-order valence-electron chi connectivity index (χ1n) is 7.39. The highest BCUT2D eigenvalue weighted by Gasteiger charge is 2.26. The van der Waals surface area contributed by atoms with E-state index in [0.29, 0.717) is 24.0 Å². The number of carboxylic acids is 1. The van der Waals surface area contributed by atoms with Crippen molar-refractivity contribution >= 4 is 11.9 Å². The molecular formula is C16H20F3NO3. The maximum absolute atomic E-state index is 12.1. The minimum Gasteiger partial charge on any atom is -0.481 e. The molecule has 1 amide bonds. The summed E-state index contributed by atoms with van der Waals surface area (Å²) < 4.78 is 36.4. The topological polar surface area (TPSA) is 66.4 Å². The number of rotatable bonds is 8. The van der Waals surface area contributed by atoms with Crippen molar-refractivity contribution in [3.05, 3.63) is 35.4 Å². The van der Waals surface area contributed by atoms with Crippen LogP contribution >= 0.6 is 0 Å². The Labute approximate surface area is 132 Å². The van der Waals surface area contributed by atoms with Crippen molar-refractivity contribution in [2.75, 3.05) is 6.54 Å². The Bertz CT molecular complexity index is 526. The fraction of sp³-hybridized carbons (Fsp3) is 0.500. The fourth-order valence-electron chi connectivity index (χ4n) is 2.09. The summed E-state index contributed by atoms with van der Waals surface area (Å²) in [4.78, 5) is 22.9. The Morgan fingerprint density at radius 1 is 1.22 bits per heavy atom. The average Bonchev–Trinajstić information content (AvgIpc) is 2.48. The summed E-state index contributed by atoms with van der Waals surface area (Å²) in [6, 6.07) is 5.83. The van der Waals surface area contributed by atoms with Crippen molar-refractivity contribution in [2.24, 2.45) is 5.92 Å². The summed E-state index contributed by atoms with van der Waals surface area (Å²) in [5.74, 6) is -2.04. The number of carbonyl (C=O) groups excluding carboxylic acids is 1. The largest absolute Gasteiger partial charge is 0.481 e. The van der Waals surface area contributed by atoms with Gasteiger partial charge in [0.05, 0.1) is 5.92 Å². The first-order valence-corrected chi connectivity index (χ1v) is 7.39. The zero-order valence-corrected chi connectivity index (χ0v) is 12.8. The van der Waals surface area contributed by atoms with Gasteiger partial charge in [0.2, 0.25) is 0 Å². The van der Waals surface area contributed by atoms with Crippen LogP contribution in [0.4, 0.5) is 13.2 Å². The van der Waals surface area contributed by atoms with Crippen molar-refractivity contribution in [3.63, 3.8) is 0 Å². The molecule has 0 fully saturated rings. The number of amides is 1. The maximum Gasteiger partial charge on any atom is 0.389 e. The number of aryl methyl sites for hydroxylation is 1. The summed E-state index contributed by atoms with van der Waals surface area (Å²) in [6.07, 6.45) is -4.09. The van der Waals surface area contributed by atoms with E-state index in [1.54, 1.807) is 0 Å². The predicted molar refractivity (Wildman–Crippen MR) is 79.2 cm³/mol. The molecule has 0 aliphatic carbocycles. The standard InChI is InChI=1S/C16H20F3NO3/c1-2-3-13(15(22)23)10-20-14(21)12-6-4-11(5-7-12)8-9-16(17,18)19/h4-7,13H,2-3,8-10H2,1H3,(H,20,21)(H,22,23). The van der Waals surface area contributed by atoms with Crippen LogP contribution in [0.15, 0.2) is 24.3 Å². The maximum atomic E-state index is 12.1. The van der Waals surface area contributed by atoms with E-state index < -0.39 is 30.4 Å². The van der Waals surface area contributed by atoms with Crippen LogP contribution < -0.4 is 5.32 Å². The Morgan fingerprint density at radius 3 is 2.30 bits per heavy atom. The second-order valence-electron chi connectivity index (χ2n) is 5.35. The molecule has 1 rings (SSSR count). The van der Waals surface area contributed by atoms with Crippen molar-refractivity contribution in [1.29, 1.82) is 0 Å². The van der Waals surface area contributed by atoms with Gasteiger partial charge in [0, 0.05) is 18.5 Å². The summed E-state index contributed by atoms with van der Waals surface area (Å²) in [5, 5.41) is 11.5. The minimum absolute atomic E-state index is 0.0256. The first-order chi connectivity index (χ1) is 10.7. The van der Waals surface area contributed by atoms with Crippen LogP contribution in [0.5, 0.6) is 0 Å². The molecule has 7 heteroatoms. The molecule has 2 N–H and O–H groups in total. The van der Waals surface area contributed by atoms with Crippen LogP contribution in [-0.4, -0.2) is 29.7 Å². The predicted octanol–water partition coefficient (Wildman–Crippen LogP) is 3.41. The van der Waals surface area contributed by atoms with Crippen LogP contribution in [0, 0.1) is 5.92 Å². The number of benzene rings is 1. The SMILES string of the molecule is CCCC(CNC(=O)c1ccc(CCC(F)(F)F)cc1)C(=O)O. The Kier molecular flexibility index (Phi) is 7.06. The Balaban J connectivity index is 2.55. The molecular weight excluding hydrogens is 311 g/mol. The van der Waals surface area contributed by atoms with Crippen LogP contribution in [0.3, 0.4) is 0 Å². The zero-order chi connectivity index (χ0) is 17.5. The number of carboxylic acid groups (broad SMARTS) is 1. The van der Waals surface area contributed by atoms with E-state index in [1.807, 2.05) is 6.92 Å². The molecule has 1 aromatic rings. The normalized spacial score (nSPS) is 12.7. The highest BCUT2D eigenvalue weighted by molar-refractivity contribution is 5.94. The molecule has 128 valence electrons. The van der Waals surface area contributed by atoms with Gasteiger partial charge in [0.1, 0.15) is 0 Å². The van der Waals surface area contributed by atoms with Gasteiger partial charge in [-0.3, -0.25) is 9.59 Å². The zero-order valence-electron chi connectivity index (χ0n) is 12.8. The lowest BCUT2D eigenvalue weighted by atomic mass is 10.0. The summed E-state index contributed by atoms with van der Waals surface area (Å²) in [5.41, 5.74) is 0.787. The molecule has 0 saturated heterocycles. The molecule has 0 radical (unpaired) electrons. The lowest BCUT2D eigenvalue weighted by molar-refractivity contribution is -0.141. The van der Waals surface area contributed by atoms with E-state index in [9.17, 15) is 22.8 Å². The molecule has 0 saturated carbocycles. The van der Waals surface area contributed by atoms with Gasteiger partial charge < -0.3 is 10.4 Å². The molecule has 0 bridgehead atoms. The highest BCUT2D eigenvalue weighted by Crippen LogP contribution is 2.22. The van der Waals surface area contributed by atoms with Gasteiger partial charge in [-0.1, -0.05) is 25.5 Å². The lowest BCUT2D eigenvalue weighted by Gasteiger charge is -2.12. The molecule has 0 aliphatic heterocycles. The molecule has 0 aliphatic rings. The summed E-state index contributed by atoms with van der Waals surface area (Å²) in [6.45, 7) is 1.88.